The van der Waals surface area contributed by atoms with Gasteiger partial charge in [-0.1, -0.05) is 181 Å². The third kappa shape index (κ3) is 5.39. The van der Waals surface area contributed by atoms with E-state index >= 15 is 0 Å². The standard InChI is InChI=1S/C64H44N4/c1-42-29-35-61-57(37-42)64(58-38-43(2)30-36-62(58)68(61)47-33-31-45(32-34-47)50-41-66-40-49(48(50)39-65)44-17-5-3-6-18-44)53-23-11-9-21-51(53)63(52-22-10-12-24-54(52)64)55-25-13-15-27-59(55)67(46-19-7-4-8-20-46)60-28-16-14-26-56(60)63/h3-38,40-41H,1-2H3. The summed E-state index contributed by atoms with van der Waals surface area (Å²) >= 11 is 0. The smallest absolute Gasteiger partial charge is 0.101 e. The summed E-state index contributed by atoms with van der Waals surface area (Å²) in [5, 5.41) is 10.6. The van der Waals surface area contributed by atoms with E-state index in [4.69, 9.17) is 0 Å². The lowest BCUT2D eigenvalue weighted by atomic mass is 9.49. The van der Waals surface area contributed by atoms with Gasteiger partial charge in [0, 0.05) is 34.9 Å². The molecule has 3 aliphatic rings. The summed E-state index contributed by atoms with van der Waals surface area (Å²) in [6, 6.07) is 82.8. The molecule has 320 valence electrons. The molecule has 4 heteroatoms. The predicted molar refractivity (Wildman–Crippen MR) is 276 cm³/mol. The van der Waals surface area contributed by atoms with E-state index in [-0.39, 0.29) is 0 Å². The number of aromatic nitrogens is 1. The average Bonchev–Trinajstić information content (AvgIpc) is 3.40. The summed E-state index contributed by atoms with van der Waals surface area (Å²) in [5.74, 6) is 0. The van der Waals surface area contributed by atoms with Crippen molar-refractivity contribution in [2.24, 2.45) is 0 Å². The van der Waals surface area contributed by atoms with Gasteiger partial charge in [-0.05, 0) is 118 Å². The topological polar surface area (TPSA) is 43.2 Å². The number of hydrogen-bond acceptors (Lipinski definition) is 4. The van der Waals surface area contributed by atoms with Crippen molar-refractivity contribution in [1.29, 1.82) is 5.26 Å². The fraction of sp³-hybridized carbons (Fsp3) is 0.0625. The Hall–Kier alpha value is -8.78. The number of nitriles is 1. The molecule has 4 nitrogen and oxygen atoms in total. The number of rotatable bonds is 4. The molecule has 0 N–H and O–H groups in total. The molecular weight excluding hydrogens is 825 g/mol. The molecule has 1 aliphatic carbocycles. The quantitative estimate of drug-likeness (QED) is 0.177. The van der Waals surface area contributed by atoms with Crippen molar-refractivity contribution in [3.8, 4) is 28.3 Å². The predicted octanol–water partition coefficient (Wildman–Crippen LogP) is 15.5. The Morgan fingerprint density at radius 3 is 1.21 bits per heavy atom. The van der Waals surface area contributed by atoms with Gasteiger partial charge >= 0.3 is 0 Å². The number of pyridine rings is 1. The summed E-state index contributed by atoms with van der Waals surface area (Å²) in [5.41, 5.74) is 22.1. The lowest BCUT2D eigenvalue weighted by Crippen LogP contribution is -2.49. The van der Waals surface area contributed by atoms with Gasteiger partial charge in [0.25, 0.3) is 0 Å². The van der Waals surface area contributed by atoms with Crippen LogP contribution in [0.25, 0.3) is 22.3 Å². The second-order valence-electron chi connectivity index (χ2n) is 18.3. The first-order chi connectivity index (χ1) is 33.5. The van der Waals surface area contributed by atoms with Crippen LogP contribution in [0.2, 0.25) is 0 Å². The highest BCUT2D eigenvalue weighted by molar-refractivity contribution is 5.96. The van der Waals surface area contributed by atoms with Gasteiger partial charge in [0.1, 0.15) is 6.07 Å². The van der Waals surface area contributed by atoms with E-state index in [0.717, 1.165) is 45.0 Å². The molecule has 0 saturated heterocycles. The third-order valence-corrected chi connectivity index (χ3v) is 14.8. The minimum atomic E-state index is -0.691. The minimum absolute atomic E-state index is 0.615. The van der Waals surface area contributed by atoms with Crippen LogP contribution in [0.1, 0.15) is 61.2 Å². The van der Waals surface area contributed by atoms with Crippen molar-refractivity contribution in [3.05, 3.63) is 292 Å². The van der Waals surface area contributed by atoms with Crippen molar-refractivity contribution in [1.82, 2.24) is 4.98 Å². The van der Waals surface area contributed by atoms with Gasteiger partial charge in [-0.25, -0.2) is 0 Å². The van der Waals surface area contributed by atoms with E-state index in [1.807, 2.05) is 36.5 Å². The van der Waals surface area contributed by atoms with Crippen molar-refractivity contribution < 1.29 is 0 Å². The number of para-hydroxylation sites is 3. The molecule has 9 aromatic carbocycles. The molecule has 68 heavy (non-hydrogen) atoms. The molecule has 0 fully saturated rings. The Morgan fingerprint density at radius 2 is 0.735 bits per heavy atom. The lowest BCUT2D eigenvalue weighted by molar-refractivity contribution is 0.607. The molecule has 0 unspecified atom stereocenters. The zero-order valence-corrected chi connectivity index (χ0v) is 37.7. The van der Waals surface area contributed by atoms with E-state index in [0.29, 0.717) is 5.56 Å². The average molecular weight is 869 g/mol. The Balaban J connectivity index is 1.06. The second-order valence-corrected chi connectivity index (χ2v) is 18.3. The molecule has 0 radical (unpaired) electrons. The van der Waals surface area contributed by atoms with Gasteiger partial charge in [-0.2, -0.15) is 5.26 Å². The monoisotopic (exact) mass is 868 g/mol. The van der Waals surface area contributed by atoms with Gasteiger partial charge in [0.2, 0.25) is 0 Å². The Labute approximate surface area is 397 Å². The molecule has 0 bridgehead atoms. The van der Waals surface area contributed by atoms with Crippen LogP contribution < -0.4 is 9.80 Å². The van der Waals surface area contributed by atoms with Gasteiger partial charge in [-0.3, -0.25) is 4.98 Å². The first-order valence-electron chi connectivity index (χ1n) is 23.3. The summed E-state index contributed by atoms with van der Waals surface area (Å²) in [7, 11) is 0. The number of fused-ring (bicyclic) bond motifs is 14. The number of anilines is 6. The lowest BCUT2D eigenvalue weighted by Gasteiger charge is -2.56. The molecule has 3 heterocycles. The molecule has 1 aromatic heterocycles. The highest BCUT2D eigenvalue weighted by Crippen LogP contribution is 2.68. The third-order valence-electron chi connectivity index (χ3n) is 14.8. The largest absolute Gasteiger partial charge is 0.310 e. The summed E-state index contributed by atoms with van der Waals surface area (Å²) < 4.78 is 0. The number of nitrogens with zero attached hydrogens (tertiary/aromatic N) is 4. The molecule has 0 saturated carbocycles. The molecule has 10 aromatic rings. The first kappa shape index (κ1) is 39.6. The number of hydrogen-bond donors (Lipinski definition) is 0. The maximum atomic E-state index is 10.6. The van der Waals surface area contributed by atoms with Crippen LogP contribution >= 0.6 is 0 Å². The van der Waals surface area contributed by atoms with Gasteiger partial charge in [-0.15, -0.1) is 0 Å². The van der Waals surface area contributed by atoms with Crippen LogP contribution in [0.4, 0.5) is 34.1 Å². The normalized spacial score (nSPS) is 14.2. The van der Waals surface area contributed by atoms with Crippen LogP contribution in [-0.2, 0) is 10.8 Å². The number of benzene rings is 9. The van der Waals surface area contributed by atoms with Crippen molar-refractivity contribution in [3.63, 3.8) is 0 Å². The van der Waals surface area contributed by atoms with Crippen LogP contribution in [-0.4, -0.2) is 4.98 Å². The van der Waals surface area contributed by atoms with E-state index < -0.39 is 10.8 Å². The molecule has 0 amide bonds. The first-order valence-corrected chi connectivity index (χ1v) is 23.3. The Morgan fingerprint density at radius 1 is 0.368 bits per heavy atom. The van der Waals surface area contributed by atoms with Gasteiger partial charge in [0.05, 0.1) is 39.1 Å². The van der Waals surface area contributed by atoms with Crippen LogP contribution in [0.3, 0.4) is 0 Å². The Bertz CT molecular complexity index is 3530. The number of aryl methyl sites for hydroxylation is 2. The summed E-state index contributed by atoms with van der Waals surface area (Å²) in [6.07, 6.45) is 3.61. The fourth-order valence-corrected chi connectivity index (χ4v) is 12.1. The molecule has 13 rings (SSSR count). The minimum Gasteiger partial charge on any atom is -0.310 e. The van der Waals surface area contributed by atoms with Crippen molar-refractivity contribution in [2.75, 3.05) is 9.80 Å². The van der Waals surface area contributed by atoms with E-state index in [9.17, 15) is 5.26 Å². The van der Waals surface area contributed by atoms with E-state index in [2.05, 4.69) is 223 Å². The fourth-order valence-electron chi connectivity index (χ4n) is 12.1. The molecular formula is C64H44N4. The zero-order valence-electron chi connectivity index (χ0n) is 37.7. The summed E-state index contributed by atoms with van der Waals surface area (Å²) in [4.78, 5) is 9.52. The van der Waals surface area contributed by atoms with Gasteiger partial charge in [0.15, 0.2) is 0 Å². The summed E-state index contributed by atoms with van der Waals surface area (Å²) in [6.45, 7) is 4.44. The maximum absolute atomic E-state index is 10.6. The highest BCUT2D eigenvalue weighted by atomic mass is 15.2. The van der Waals surface area contributed by atoms with Crippen molar-refractivity contribution in [2.45, 2.75) is 24.7 Å². The van der Waals surface area contributed by atoms with Crippen LogP contribution in [0.15, 0.2) is 231 Å². The zero-order chi connectivity index (χ0) is 45.6. The SMILES string of the molecule is Cc1ccc2c(c1)C1(c3cc(C)ccc3N2c2ccc(-c3cncc(-c4ccccc4)c3C#N)cc2)c2ccccc2C2(c3ccccc3N(c3ccccc3)c3ccccc32)c2ccccc21. The van der Waals surface area contributed by atoms with E-state index in [1.165, 1.54) is 67.0 Å². The second kappa shape index (κ2) is 15.1. The molecule has 2 spiro atoms. The molecule has 0 atom stereocenters. The highest BCUT2D eigenvalue weighted by Gasteiger charge is 2.59. The van der Waals surface area contributed by atoms with Crippen molar-refractivity contribution >= 4 is 34.1 Å². The van der Waals surface area contributed by atoms with Gasteiger partial charge < -0.3 is 9.80 Å². The Kier molecular flexibility index (Phi) is 8.81. The molecule has 2 aliphatic heterocycles. The van der Waals surface area contributed by atoms with E-state index in [1.54, 1.807) is 6.20 Å². The maximum Gasteiger partial charge on any atom is 0.101 e. The van der Waals surface area contributed by atoms with Crippen LogP contribution in [0, 0.1) is 25.2 Å². The van der Waals surface area contributed by atoms with Crippen LogP contribution in [0.5, 0.6) is 0 Å².